The Labute approximate surface area is 183 Å². The number of hydrogen-bond donors (Lipinski definition) is 2. The number of nitrogens with two attached hydrogens (primary N) is 1. The number of ether oxygens (including phenoxy) is 1. The Hall–Kier alpha value is -2.03. The largest absolute Gasteiger partial charge is 0.493 e. The molecule has 6 nitrogen and oxygen atoms in total. The maximum absolute atomic E-state index is 6.16. The highest BCUT2D eigenvalue weighted by molar-refractivity contribution is 14.0. The van der Waals surface area contributed by atoms with Gasteiger partial charge in [-0.2, -0.15) is 0 Å². The summed E-state index contributed by atoms with van der Waals surface area (Å²) in [6, 6.07) is 12.4. The SMILES string of the molecule is I.NC(=NCc1ccnc(N2CCCCC2)c1)NC1CCOc2ccccc21. The van der Waals surface area contributed by atoms with Crippen LogP contribution in [0, 0.1) is 0 Å². The third-order valence-corrected chi connectivity index (χ3v) is 5.20. The van der Waals surface area contributed by atoms with E-state index in [4.69, 9.17) is 10.5 Å². The van der Waals surface area contributed by atoms with E-state index in [0.29, 0.717) is 19.1 Å². The van der Waals surface area contributed by atoms with Crippen LogP contribution in [-0.2, 0) is 6.54 Å². The summed E-state index contributed by atoms with van der Waals surface area (Å²) in [5.41, 5.74) is 8.43. The van der Waals surface area contributed by atoms with Crippen LogP contribution in [-0.4, -0.2) is 30.6 Å². The zero-order valence-corrected chi connectivity index (χ0v) is 18.3. The second-order valence-electron chi connectivity index (χ2n) is 7.14. The summed E-state index contributed by atoms with van der Waals surface area (Å²) in [7, 11) is 0. The summed E-state index contributed by atoms with van der Waals surface area (Å²) in [6.07, 6.45) is 6.55. The number of guanidine groups is 1. The van der Waals surface area contributed by atoms with Crippen LogP contribution in [0.15, 0.2) is 47.6 Å². The Kier molecular flexibility index (Phi) is 7.36. The standard InChI is InChI=1S/C21H27N5O.HI/c22-21(25-18-9-13-27-19-7-3-2-6-17(18)19)24-15-16-8-10-23-20(14-16)26-11-4-1-5-12-26;/h2-3,6-8,10,14,18H,1,4-5,9,11-13,15H2,(H3,22,24,25);1H. The van der Waals surface area contributed by atoms with Gasteiger partial charge in [0, 0.05) is 31.3 Å². The molecule has 0 radical (unpaired) electrons. The average molecular weight is 493 g/mol. The Morgan fingerprint density at radius 1 is 1.21 bits per heavy atom. The highest BCUT2D eigenvalue weighted by atomic mass is 127. The van der Waals surface area contributed by atoms with E-state index in [-0.39, 0.29) is 30.0 Å². The van der Waals surface area contributed by atoms with Crippen LogP contribution < -0.4 is 20.7 Å². The molecule has 0 bridgehead atoms. The van der Waals surface area contributed by atoms with E-state index >= 15 is 0 Å². The average Bonchev–Trinajstić information content (AvgIpc) is 2.73. The number of pyridine rings is 1. The van der Waals surface area contributed by atoms with Crippen molar-refractivity contribution >= 4 is 35.8 Å². The third kappa shape index (κ3) is 5.06. The molecule has 2 aliphatic rings. The third-order valence-electron chi connectivity index (χ3n) is 5.20. The van der Waals surface area contributed by atoms with Gasteiger partial charge in [-0.25, -0.2) is 9.98 Å². The predicted molar refractivity (Wildman–Crippen MR) is 123 cm³/mol. The Morgan fingerprint density at radius 2 is 2.04 bits per heavy atom. The van der Waals surface area contributed by atoms with Gasteiger partial charge in [0.15, 0.2) is 5.96 Å². The second-order valence-corrected chi connectivity index (χ2v) is 7.14. The van der Waals surface area contributed by atoms with Gasteiger partial charge in [0.2, 0.25) is 0 Å². The number of fused-ring (bicyclic) bond motifs is 1. The fraction of sp³-hybridized carbons (Fsp3) is 0.429. The molecule has 3 N–H and O–H groups in total. The number of rotatable bonds is 4. The van der Waals surface area contributed by atoms with Crippen molar-refractivity contribution in [2.24, 2.45) is 10.7 Å². The van der Waals surface area contributed by atoms with E-state index in [1.54, 1.807) is 0 Å². The number of benzene rings is 1. The normalized spacial score (nSPS) is 19.2. The minimum absolute atomic E-state index is 0. The van der Waals surface area contributed by atoms with Crippen LogP contribution in [0.5, 0.6) is 5.75 Å². The lowest BCUT2D eigenvalue weighted by Crippen LogP contribution is -2.37. The molecule has 1 aromatic heterocycles. The van der Waals surface area contributed by atoms with Crippen molar-refractivity contribution in [2.45, 2.75) is 38.3 Å². The van der Waals surface area contributed by atoms with Gasteiger partial charge in [0.05, 0.1) is 19.2 Å². The number of anilines is 1. The summed E-state index contributed by atoms with van der Waals surface area (Å²) in [6.45, 7) is 3.41. The first-order chi connectivity index (χ1) is 13.3. The molecular formula is C21H28IN5O. The highest BCUT2D eigenvalue weighted by Gasteiger charge is 2.21. The number of piperidine rings is 1. The highest BCUT2D eigenvalue weighted by Crippen LogP contribution is 2.31. The van der Waals surface area contributed by atoms with Crippen molar-refractivity contribution < 1.29 is 4.74 Å². The number of nitrogens with one attached hydrogen (secondary N) is 1. The molecule has 2 aromatic rings. The molecule has 3 heterocycles. The Balaban J connectivity index is 0.00000225. The zero-order chi connectivity index (χ0) is 18.5. The molecule has 0 saturated carbocycles. The maximum atomic E-state index is 6.16. The van der Waals surface area contributed by atoms with E-state index in [1.807, 2.05) is 30.5 Å². The van der Waals surface area contributed by atoms with E-state index in [2.05, 4.69) is 32.3 Å². The first kappa shape index (κ1) is 20.7. The quantitative estimate of drug-likeness (QED) is 0.387. The van der Waals surface area contributed by atoms with Gasteiger partial charge < -0.3 is 20.7 Å². The number of para-hydroxylation sites is 1. The molecule has 28 heavy (non-hydrogen) atoms. The summed E-state index contributed by atoms with van der Waals surface area (Å²) in [5.74, 6) is 2.44. The van der Waals surface area contributed by atoms with E-state index < -0.39 is 0 Å². The van der Waals surface area contributed by atoms with Gasteiger partial charge in [0.25, 0.3) is 0 Å². The molecule has 150 valence electrons. The molecule has 1 saturated heterocycles. The Morgan fingerprint density at radius 3 is 2.89 bits per heavy atom. The van der Waals surface area contributed by atoms with Gasteiger partial charge in [-0.15, -0.1) is 24.0 Å². The molecule has 1 aromatic carbocycles. The van der Waals surface area contributed by atoms with Crippen molar-refractivity contribution in [1.29, 1.82) is 0 Å². The lowest BCUT2D eigenvalue weighted by atomic mass is 10.0. The molecule has 7 heteroatoms. The number of aromatic nitrogens is 1. The molecule has 1 fully saturated rings. The molecule has 0 aliphatic carbocycles. The lowest BCUT2D eigenvalue weighted by Gasteiger charge is -2.28. The smallest absolute Gasteiger partial charge is 0.189 e. The monoisotopic (exact) mass is 493 g/mol. The number of nitrogens with zero attached hydrogens (tertiary/aromatic N) is 3. The molecule has 2 aliphatic heterocycles. The topological polar surface area (TPSA) is 75.8 Å². The van der Waals surface area contributed by atoms with Crippen molar-refractivity contribution in [1.82, 2.24) is 10.3 Å². The summed E-state index contributed by atoms with van der Waals surface area (Å²) >= 11 is 0. The molecule has 1 atom stereocenters. The minimum atomic E-state index is 0. The fourth-order valence-corrected chi connectivity index (χ4v) is 3.75. The molecular weight excluding hydrogens is 465 g/mol. The predicted octanol–water partition coefficient (Wildman–Crippen LogP) is 3.62. The zero-order valence-electron chi connectivity index (χ0n) is 16.0. The number of halogens is 1. The summed E-state index contributed by atoms with van der Waals surface area (Å²) in [5, 5.41) is 3.34. The van der Waals surface area contributed by atoms with Crippen LogP contribution in [0.3, 0.4) is 0 Å². The fourth-order valence-electron chi connectivity index (χ4n) is 3.75. The van der Waals surface area contributed by atoms with E-state index in [0.717, 1.165) is 42.2 Å². The van der Waals surface area contributed by atoms with Crippen molar-refractivity contribution in [2.75, 3.05) is 24.6 Å². The number of aliphatic imine (C=N–C) groups is 1. The molecule has 1 unspecified atom stereocenters. The molecule has 4 rings (SSSR count). The molecule has 0 spiro atoms. The van der Waals surface area contributed by atoms with E-state index in [1.165, 1.54) is 19.3 Å². The van der Waals surface area contributed by atoms with Gasteiger partial charge in [-0.05, 0) is 43.0 Å². The van der Waals surface area contributed by atoms with Gasteiger partial charge in [0.1, 0.15) is 11.6 Å². The van der Waals surface area contributed by atoms with Crippen LogP contribution in [0.2, 0.25) is 0 Å². The van der Waals surface area contributed by atoms with E-state index in [9.17, 15) is 0 Å². The first-order valence-corrected chi connectivity index (χ1v) is 9.78. The molecule has 0 amide bonds. The van der Waals surface area contributed by atoms with Crippen molar-refractivity contribution in [3.63, 3.8) is 0 Å². The van der Waals surface area contributed by atoms with Crippen LogP contribution in [0.4, 0.5) is 5.82 Å². The number of hydrogen-bond acceptors (Lipinski definition) is 4. The Bertz CT molecular complexity index is 807. The van der Waals surface area contributed by atoms with Gasteiger partial charge in [-0.3, -0.25) is 0 Å². The van der Waals surface area contributed by atoms with Crippen molar-refractivity contribution in [3.05, 3.63) is 53.7 Å². The first-order valence-electron chi connectivity index (χ1n) is 9.78. The second kappa shape index (κ2) is 9.95. The summed E-state index contributed by atoms with van der Waals surface area (Å²) in [4.78, 5) is 11.4. The van der Waals surface area contributed by atoms with Crippen LogP contribution in [0.1, 0.15) is 42.9 Å². The minimum Gasteiger partial charge on any atom is -0.493 e. The maximum Gasteiger partial charge on any atom is 0.189 e. The summed E-state index contributed by atoms with van der Waals surface area (Å²) < 4.78 is 5.70. The lowest BCUT2D eigenvalue weighted by molar-refractivity contribution is 0.262. The van der Waals surface area contributed by atoms with Crippen LogP contribution >= 0.6 is 24.0 Å². The van der Waals surface area contributed by atoms with Crippen molar-refractivity contribution in [3.8, 4) is 5.75 Å². The van der Waals surface area contributed by atoms with Crippen LogP contribution in [0.25, 0.3) is 0 Å². The van der Waals surface area contributed by atoms with Gasteiger partial charge in [-0.1, -0.05) is 18.2 Å². The van der Waals surface area contributed by atoms with Gasteiger partial charge >= 0.3 is 0 Å².